The summed E-state index contributed by atoms with van der Waals surface area (Å²) in [6.45, 7) is 0. The molecule has 322 valence electrons. The van der Waals surface area contributed by atoms with E-state index in [2.05, 4.69) is 5.32 Å². The highest BCUT2D eigenvalue weighted by Crippen LogP contribution is 2.27. The minimum atomic E-state index is -1.33. The molecular weight excluding hydrogens is 837 g/mol. The van der Waals surface area contributed by atoms with Crippen LogP contribution in [0.2, 0.25) is 0 Å². The summed E-state index contributed by atoms with van der Waals surface area (Å²) >= 11 is 0. The number of aliphatic carboxylic acids is 8. The van der Waals surface area contributed by atoms with Gasteiger partial charge in [0.05, 0.1) is 5.92 Å². The highest BCUT2D eigenvalue weighted by Gasteiger charge is 2.25. The van der Waals surface area contributed by atoms with Crippen LogP contribution < -0.4 is 34.0 Å². The maximum Gasteiger partial charge on any atom is 0.327 e. The summed E-state index contributed by atoms with van der Waals surface area (Å²) < 4.78 is 0. The van der Waals surface area contributed by atoms with Crippen LogP contribution in [0.3, 0.4) is 0 Å². The molecule has 0 aliphatic heterocycles. The molecule has 0 aromatic heterocycles. The molecule has 0 saturated carbocycles. The number of ketones is 1. The molecule has 19 N–H and O–H groups in total. The summed E-state index contributed by atoms with van der Waals surface area (Å²) in [6, 6.07) is -6.65. The molecule has 0 unspecified atom stereocenters. The van der Waals surface area contributed by atoms with E-state index in [-0.39, 0.29) is 68.0 Å². The van der Waals surface area contributed by atoms with E-state index in [1.54, 1.807) is 0 Å². The van der Waals surface area contributed by atoms with E-state index in [0.29, 0.717) is 0 Å². The largest absolute Gasteiger partial charge is 0.481 e. The van der Waals surface area contributed by atoms with Crippen LogP contribution in [0.25, 0.3) is 0 Å². The van der Waals surface area contributed by atoms with E-state index in [4.69, 9.17) is 59.3 Å². The maximum absolute atomic E-state index is 11.9. The van der Waals surface area contributed by atoms with Gasteiger partial charge in [0.1, 0.15) is 42.0 Å². The van der Waals surface area contributed by atoms with Crippen molar-refractivity contribution >= 4 is 103 Å². The van der Waals surface area contributed by atoms with Crippen molar-refractivity contribution in [3.05, 3.63) is 0 Å². The highest BCUT2D eigenvalue weighted by atomic mass is 33.1. The Morgan fingerprint density at radius 2 is 0.786 bits per heavy atom. The Morgan fingerprint density at radius 3 is 1.14 bits per heavy atom. The average Bonchev–Trinajstić information content (AvgIpc) is 3.10. The monoisotopic (exact) mass is 884 g/mol. The number of carboxylic acid groups (broad SMARTS) is 8. The average molecular weight is 885 g/mol. The molecule has 0 bridgehead atoms. The van der Waals surface area contributed by atoms with Crippen LogP contribution in [-0.4, -0.2) is 160 Å². The molecule has 0 aliphatic carbocycles. The van der Waals surface area contributed by atoms with Gasteiger partial charge < -0.3 is 74.8 Å². The Kier molecular flexibility index (Phi) is 32.5. The number of Topliss-reactive ketones (excluding diaryl/α,β-unsaturated/α-hetero) is 1. The minimum Gasteiger partial charge on any atom is -0.481 e. The van der Waals surface area contributed by atoms with Crippen molar-refractivity contribution in [2.75, 3.05) is 23.0 Å². The Morgan fingerprint density at radius 1 is 0.429 bits per heavy atom. The first-order valence-electron chi connectivity index (χ1n) is 15.7. The first kappa shape index (κ1) is 56.4. The molecular formula is C28H48N6O18S4. The number of nitrogens with two attached hydrogens (primary N) is 5. The van der Waals surface area contributed by atoms with Gasteiger partial charge in [-0.25, -0.2) is 4.79 Å². The van der Waals surface area contributed by atoms with Gasteiger partial charge in [0, 0.05) is 48.7 Å². The molecule has 0 spiro atoms. The van der Waals surface area contributed by atoms with Crippen LogP contribution in [0.5, 0.6) is 0 Å². The molecule has 0 saturated heterocycles. The molecule has 0 heterocycles. The number of rotatable bonds is 29. The van der Waals surface area contributed by atoms with Gasteiger partial charge in [-0.1, -0.05) is 43.2 Å². The molecule has 0 aromatic carbocycles. The first-order valence-corrected chi connectivity index (χ1v) is 20.7. The van der Waals surface area contributed by atoms with Crippen molar-refractivity contribution in [2.45, 2.75) is 81.2 Å². The third kappa shape index (κ3) is 32.4. The van der Waals surface area contributed by atoms with Gasteiger partial charge in [0.2, 0.25) is 5.91 Å². The van der Waals surface area contributed by atoms with E-state index in [0.717, 1.165) is 21.6 Å². The third-order valence-electron chi connectivity index (χ3n) is 6.29. The number of amides is 1. The van der Waals surface area contributed by atoms with Gasteiger partial charge in [-0.3, -0.25) is 43.2 Å². The topological polar surface area (TPSA) is 475 Å². The zero-order valence-electron chi connectivity index (χ0n) is 29.5. The quantitative estimate of drug-likeness (QED) is 0.0271. The zero-order valence-corrected chi connectivity index (χ0v) is 32.8. The van der Waals surface area contributed by atoms with Crippen LogP contribution in [0.15, 0.2) is 0 Å². The van der Waals surface area contributed by atoms with Gasteiger partial charge in [0.15, 0.2) is 0 Å². The summed E-state index contributed by atoms with van der Waals surface area (Å²) in [6.07, 6.45) is -1.27. The maximum atomic E-state index is 11.9. The number of carbonyl (C=O) groups excluding carboxylic acids is 2. The minimum absolute atomic E-state index is 0.0231. The SMILES string of the molecule is N[C@@H](CCC(=O)C[C@@H](CSSC[C@H](NC(=O)CC[C@H](N)C(=O)O)C(=O)O)C(=O)O)C(=O)O.N[C@@H](CCC(=O)O)C(=O)O.N[C@@H](CSSC[C@H](N)C(=O)O)C(=O)O. The normalized spacial score (nSPS) is 14.2. The fourth-order valence-electron chi connectivity index (χ4n) is 2.92. The van der Waals surface area contributed by atoms with E-state index in [9.17, 15) is 58.2 Å². The molecule has 24 nitrogen and oxygen atoms in total. The fourth-order valence-corrected chi connectivity index (χ4v) is 7.61. The number of carbonyl (C=O) groups is 10. The van der Waals surface area contributed by atoms with E-state index < -0.39 is 102 Å². The Hall–Kier alpha value is -3.90. The predicted octanol–water partition coefficient (Wildman–Crippen LogP) is -2.56. The van der Waals surface area contributed by atoms with Gasteiger partial charge in [-0.2, -0.15) is 0 Å². The van der Waals surface area contributed by atoms with Crippen molar-refractivity contribution in [3.8, 4) is 0 Å². The molecule has 28 heteroatoms. The molecule has 0 rings (SSSR count). The van der Waals surface area contributed by atoms with Crippen LogP contribution in [0.1, 0.15) is 44.9 Å². The Bertz CT molecular complexity index is 1250. The van der Waals surface area contributed by atoms with Crippen LogP contribution in [-0.2, 0) is 47.9 Å². The molecule has 56 heavy (non-hydrogen) atoms. The first-order chi connectivity index (χ1) is 25.8. The summed E-state index contributed by atoms with van der Waals surface area (Å²) in [5, 5.41) is 71.1. The van der Waals surface area contributed by atoms with E-state index >= 15 is 0 Å². The van der Waals surface area contributed by atoms with E-state index in [1.165, 1.54) is 21.6 Å². The van der Waals surface area contributed by atoms with E-state index in [1.807, 2.05) is 0 Å². The van der Waals surface area contributed by atoms with Crippen molar-refractivity contribution in [2.24, 2.45) is 34.6 Å². The van der Waals surface area contributed by atoms with Crippen molar-refractivity contribution in [3.63, 3.8) is 0 Å². The van der Waals surface area contributed by atoms with Gasteiger partial charge in [0.25, 0.3) is 0 Å². The second-order valence-electron chi connectivity index (χ2n) is 11.1. The lowest BCUT2D eigenvalue weighted by Gasteiger charge is -2.15. The summed E-state index contributed by atoms with van der Waals surface area (Å²) in [5.41, 5.74) is 26.0. The number of hydrogen-bond donors (Lipinski definition) is 14. The second kappa shape index (κ2) is 32.2. The summed E-state index contributed by atoms with van der Waals surface area (Å²) in [7, 11) is 4.40. The zero-order chi connectivity index (χ0) is 44.1. The predicted molar refractivity (Wildman–Crippen MR) is 204 cm³/mol. The molecule has 0 fully saturated rings. The lowest BCUT2D eigenvalue weighted by molar-refractivity contribution is -0.143. The summed E-state index contributed by atoms with van der Waals surface area (Å²) in [4.78, 5) is 108. The second-order valence-corrected chi connectivity index (χ2v) is 16.2. The number of carboxylic acids is 8. The highest BCUT2D eigenvalue weighted by molar-refractivity contribution is 8.77. The van der Waals surface area contributed by atoms with Crippen molar-refractivity contribution in [1.29, 1.82) is 0 Å². The number of hydrogen-bond acceptors (Lipinski definition) is 19. The molecule has 7 atom stereocenters. The van der Waals surface area contributed by atoms with Gasteiger partial charge in [-0.15, -0.1) is 0 Å². The lowest BCUT2D eigenvalue weighted by Crippen LogP contribution is -2.43. The molecule has 0 aromatic rings. The lowest BCUT2D eigenvalue weighted by atomic mass is 10.0. The van der Waals surface area contributed by atoms with Gasteiger partial charge in [-0.05, 0) is 19.3 Å². The third-order valence-corrected chi connectivity index (χ3v) is 11.3. The fraction of sp³-hybridized carbons (Fsp3) is 0.643. The molecule has 1 amide bonds. The van der Waals surface area contributed by atoms with Crippen LogP contribution >= 0.6 is 43.2 Å². The van der Waals surface area contributed by atoms with Crippen molar-refractivity contribution in [1.82, 2.24) is 5.32 Å². The van der Waals surface area contributed by atoms with Crippen LogP contribution in [0, 0.1) is 5.92 Å². The smallest absolute Gasteiger partial charge is 0.327 e. The number of nitrogens with one attached hydrogen (secondary N) is 1. The Labute approximate surface area is 334 Å². The van der Waals surface area contributed by atoms with Gasteiger partial charge >= 0.3 is 47.8 Å². The molecule has 0 aliphatic rings. The Balaban J connectivity index is -0.000000952. The van der Waals surface area contributed by atoms with Crippen LogP contribution in [0.4, 0.5) is 0 Å². The summed E-state index contributed by atoms with van der Waals surface area (Å²) in [5.74, 6) is -11.3. The molecule has 0 radical (unpaired) electrons. The van der Waals surface area contributed by atoms with Crippen molar-refractivity contribution < 1.29 is 88.8 Å². The standard InChI is InChI=1S/C17H27N3O10S2.C6H12N2O4S2.C5H9NO4/c18-10(15(25)26)2-1-9(21)5-8(14(23)24)6-31-32-7-12(17(29)30)20-13(22)4-3-11(19)16(27)28;7-3(5(9)10)1-13-14-2-4(8)6(11)12;6-3(5(9)10)1-2-4(7)8/h8,10-12H,1-7,18-19H2,(H,20,22)(H,23,24)(H,25,26)(H,27,28)(H,29,30);3-4H,1-2,7-8H2,(H,9,10)(H,11,12);3H,1-2,6H2,(H,7,8)(H,9,10)/t8-,10-,11-,12-;3-,4-;3-/m000/s1.